The van der Waals surface area contributed by atoms with Crippen LogP contribution in [0, 0.1) is 11.6 Å². The topological polar surface area (TPSA) is 34.1 Å². The van der Waals surface area contributed by atoms with E-state index in [-0.39, 0.29) is 11.1 Å². The van der Waals surface area contributed by atoms with Crippen molar-refractivity contribution in [3.05, 3.63) is 190 Å². The van der Waals surface area contributed by atoms with Gasteiger partial charge in [-0.1, -0.05) is 97.1 Å². The number of hydrogen-bond donors (Lipinski definition) is 0. The van der Waals surface area contributed by atoms with Gasteiger partial charge in [-0.25, -0.2) is 8.78 Å². The van der Waals surface area contributed by atoms with Crippen LogP contribution in [0.15, 0.2) is 133 Å². The zero-order chi connectivity index (χ0) is 29.3. The normalized spacial score (nSPS) is 13.3. The Morgan fingerprint density at radius 2 is 0.791 bits per heavy atom. The van der Waals surface area contributed by atoms with Crippen molar-refractivity contribution in [2.75, 3.05) is 0 Å². The molecular weight excluding hydrogens is 538 g/mol. The van der Waals surface area contributed by atoms with Crippen LogP contribution in [0.1, 0.15) is 54.1 Å². The summed E-state index contributed by atoms with van der Waals surface area (Å²) in [7, 11) is 0. The van der Waals surface area contributed by atoms with Gasteiger partial charge in [0.2, 0.25) is 0 Å². The van der Waals surface area contributed by atoms with Crippen LogP contribution in [0.2, 0.25) is 0 Å². The molecule has 4 heteroatoms. The molecule has 8 rings (SSSR count). The predicted octanol–water partition coefficient (Wildman–Crippen LogP) is 8.77. The SMILES string of the molecule is O=C(c1ccc2c(c1)C1(c3ccccc3-2)c2ccccc2-c2ccc(C(=O)c3ccccc3F)cc21)c1ccccc1F. The molecule has 43 heavy (non-hydrogen) atoms. The Morgan fingerprint density at radius 1 is 0.419 bits per heavy atom. The Balaban J connectivity index is 1.42. The minimum absolute atomic E-state index is 0.0111. The van der Waals surface area contributed by atoms with Crippen molar-refractivity contribution >= 4 is 11.6 Å². The predicted molar refractivity (Wildman–Crippen MR) is 162 cm³/mol. The number of halogens is 2. The molecule has 6 aromatic carbocycles. The Kier molecular flexibility index (Phi) is 5.44. The molecule has 0 atom stereocenters. The first-order valence-corrected chi connectivity index (χ1v) is 14.1. The van der Waals surface area contributed by atoms with Crippen molar-refractivity contribution in [1.29, 1.82) is 0 Å². The van der Waals surface area contributed by atoms with Crippen LogP contribution in [0.5, 0.6) is 0 Å². The maximum atomic E-state index is 14.7. The first-order chi connectivity index (χ1) is 21.0. The monoisotopic (exact) mass is 560 g/mol. The van der Waals surface area contributed by atoms with E-state index >= 15 is 0 Å². The molecule has 0 amide bonds. The van der Waals surface area contributed by atoms with E-state index < -0.39 is 28.6 Å². The summed E-state index contributed by atoms with van der Waals surface area (Å²) in [6, 6.07) is 39.4. The summed E-state index contributed by atoms with van der Waals surface area (Å²) < 4.78 is 29.4. The van der Waals surface area contributed by atoms with E-state index in [9.17, 15) is 18.4 Å². The highest BCUT2D eigenvalue weighted by atomic mass is 19.1. The smallest absolute Gasteiger partial charge is 0.195 e. The lowest BCUT2D eigenvalue weighted by Crippen LogP contribution is -2.26. The number of benzene rings is 6. The Bertz CT molecular complexity index is 2010. The maximum absolute atomic E-state index is 14.7. The van der Waals surface area contributed by atoms with Crippen LogP contribution in [0.3, 0.4) is 0 Å². The molecule has 2 aliphatic rings. The zero-order valence-corrected chi connectivity index (χ0v) is 22.8. The molecule has 2 nitrogen and oxygen atoms in total. The van der Waals surface area contributed by atoms with Gasteiger partial charge in [0.25, 0.3) is 0 Å². The van der Waals surface area contributed by atoms with E-state index in [1.807, 2.05) is 48.5 Å². The van der Waals surface area contributed by atoms with E-state index in [1.54, 1.807) is 36.4 Å². The fourth-order valence-electron chi connectivity index (χ4n) is 7.02. The number of hydrogen-bond acceptors (Lipinski definition) is 2. The molecule has 0 aromatic heterocycles. The van der Waals surface area contributed by atoms with Crippen molar-refractivity contribution in [2.24, 2.45) is 0 Å². The minimum atomic E-state index is -0.838. The van der Waals surface area contributed by atoms with Crippen LogP contribution in [-0.4, -0.2) is 11.6 Å². The van der Waals surface area contributed by atoms with Crippen molar-refractivity contribution in [1.82, 2.24) is 0 Å². The summed E-state index contributed by atoms with van der Waals surface area (Å²) >= 11 is 0. The highest BCUT2D eigenvalue weighted by Gasteiger charge is 2.52. The summed E-state index contributed by atoms with van der Waals surface area (Å²) in [5.74, 6) is -1.94. The van der Waals surface area contributed by atoms with Gasteiger partial charge in [-0.15, -0.1) is 0 Å². The van der Waals surface area contributed by atoms with Gasteiger partial charge in [0, 0.05) is 11.1 Å². The minimum Gasteiger partial charge on any atom is -0.288 e. The molecular formula is C39H22F2O2. The number of carbonyl (C=O) groups is 2. The molecule has 0 heterocycles. The van der Waals surface area contributed by atoms with E-state index in [0.29, 0.717) is 11.1 Å². The van der Waals surface area contributed by atoms with Crippen LogP contribution < -0.4 is 0 Å². The molecule has 0 radical (unpaired) electrons. The molecule has 0 aliphatic heterocycles. The first-order valence-electron chi connectivity index (χ1n) is 14.1. The van der Waals surface area contributed by atoms with Gasteiger partial charge in [-0.05, 0) is 80.9 Å². The molecule has 0 saturated heterocycles. The molecule has 204 valence electrons. The number of rotatable bonds is 4. The molecule has 0 saturated carbocycles. The molecule has 0 unspecified atom stereocenters. The number of fused-ring (bicyclic) bond motifs is 10. The van der Waals surface area contributed by atoms with Crippen molar-refractivity contribution in [2.45, 2.75) is 5.41 Å². The van der Waals surface area contributed by atoms with Crippen molar-refractivity contribution < 1.29 is 18.4 Å². The van der Waals surface area contributed by atoms with Gasteiger partial charge < -0.3 is 0 Å². The molecule has 1 spiro atoms. The quantitative estimate of drug-likeness (QED) is 0.202. The lowest BCUT2D eigenvalue weighted by Gasteiger charge is -2.31. The van der Waals surface area contributed by atoms with Crippen LogP contribution >= 0.6 is 0 Å². The van der Waals surface area contributed by atoms with Gasteiger partial charge in [0.1, 0.15) is 11.6 Å². The molecule has 6 aromatic rings. The average molecular weight is 561 g/mol. The summed E-state index contributed by atoms with van der Waals surface area (Å²) in [5, 5.41) is 0. The molecule has 0 N–H and O–H groups in total. The second kappa shape index (κ2) is 9.27. The lowest BCUT2D eigenvalue weighted by molar-refractivity contribution is 0.102. The molecule has 2 aliphatic carbocycles. The van der Waals surface area contributed by atoms with Gasteiger partial charge in [-0.2, -0.15) is 0 Å². The second-order valence-electron chi connectivity index (χ2n) is 11.0. The lowest BCUT2D eigenvalue weighted by atomic mass is 9.70. The van der Waals surface area contributed by atoms with Crippen molar-refractivity contribution in [3.63, 3.8) is 0 Å². The van der Waals surface area contributed by atoms with E-state index in [4.69, 9.17) is 0 Å². The summed E-state index contributed by atoms with van der Waals surface area (Å²) in [4.78, 5) is 27.3. The maximum Gasteiger partial charge on any atom is 0.195 e. The third-order valence-electron chi connectivity index (χ3n) is 8.85. The first kappa shape index (κ1) is 25.2. The van der Waals surface area contributed by atoms with Gasteiger partial charge in [0.05, 0.1) is 16.5 Å². The van der Waals surface area contributed by atoms with Crippen LogP contribution in [-0.2, 0) is 5.41 Å². The second-order valence-corrected chi connectivity index (χ2v) is 11.0. The zero-order valence-electron chi connectivity index (χ0n) is 22.8. The van der Waals surface area contributed by atoms with E-state index in [1.165, 1.54) is 24.3 Å². The van der Waals surface area contributed by atoms with E-state index in [2.05, 4.69) is 24.3 Å². The Hall–Kier alpha value is -5.48. The summed E-state index contributed by atoms with van der Waals surface area (Å²) in [6.45, 7) is 0. The van der Waals surface area contributed by atoms with Crippen LogP contribution in [0.25, 0.3) is 22.3 Å². The Labute approximate surface area is 246 Å². The average Bonchev–Trinajstić information content (AvgIpc) is 3.51. The Morgan fingerprint density at radius 3 is 1.23 bits per heavy atom. The van der Waals surface area contributed by atoms with E-state index in [0.717, 1.165) is 44.5 Å². The third kappa shape index (κ3) is 3.44. The highest BCUT2D eigenvalue weighted by Crippen LogP contribution is 2.63. The van der Waals surface area contributed by atoms with Gasteiger partial charge in [0.15, 0.2) is 11.6 Å². The van der Waals surface area contributed by atoms with Crippen LogP contribution in [0.4, 0.5) is 8.78 Å². The summed E-state index contributed by atoms with van der Waals surface area (Å²) in [5.41, 5.74) is 7.75. The highest BCUT2D eigenvalue weighted by molar-refractivity contribution is 6.11. The number of ketones is 2. The van der Waals surface area contributed by atoms with Gasteiger partial charge >= 0.3 is 0 Å². The summed E-state index contributed by atoms with van der Waals surface area (Å²) in [6.07, 6.45) is 0. The largest absolute Gasteiger partial charge is 0.288 e. The fraction of sp³-hybridized carbons (Fsp3) is 0.0256. The third-order valence-corrected chi connectivity index (χ3v) is 8.85. The van der Waals surface area contributed by atoms with Crippen molar-refractivity contribution in [3.8, 4) is 22.3 Å². The molecule has 0 fully saturated rings. The number of carbonyl (C=O) groups excluding carboxylic acids is 2. The fourth-order valence-corrected chi connectivity index (χ4v) is 7.02. The van der Waals surface area contributed by atoms with Gasteiger partial charge in [-0.3, -0.25) is 9.59 Å². The standard InChI is InChI=1S/C39H22F2O2/c40-35-15-7-3-11-29(35)37(42)23-17-19-27-25-9-1-5-13-31(25)39(33(27)21-23)32-14-6-2-10-26(32)28-20-18-24(22-34(28)39)38(43)30-12-4-8-16-36(30)41/h1-22H. The molecule has 0 bridgehead atoms.